The van der Waals surface area contributed by atoms with Crippen LogP contribution < -0.4 is 0 Å². The quantitative estimate of drug-likeness (QED) is 0.0169. The second-order valence-corrected chi connectivity index (χ2v) is 29.0. The molecule has 0 amide bonds. The molecular weight excluding hydrogens is 1190 g/mol. The lowest BCUT2D eigenvalue weighted by Gasteiger charge is -2.21. The average Bonchev–Trinajstić information content (AvgIpc) is 3.69. The van der Waals surface area contributed by atoms with Crippen LogP contribution in [0.5, 0.6) is 0 Å². The van der Waals surface area contributed by atoms with Crippen molar-refractivity contribution >= 4 is 39.5 Å². The van der Waals surface area contributed by atoms with E-state index in [1.807, 2.05) is 0 Å². The van der Waals surface area contributed by atoms with Gasteiger partial charge < -0.3 is 33.8 Å². The number of allylic oxidation sites excluding steroid dienone is 4. The summed E-state index contributed by atoms with van der Waals surface area (Å²) in [6, 6.07) is 0. The van der Waals surface area contributed by atoms with Crippen LogP contribution in [0.2, 0.25) is 0 Å². The minimum atomic E-state index is -4.96. The molecule has 0 aromatic heterocycles. The Morgan fingerprint density at radius 3 is 0.989 bits per heavy atom. The van der Waals surface area contributed by atoms with E-state index in [1.165, 1.54) is 128 Å². The molecule has 0 aliphatic carbocycles. The third-order valence-electron chi connectivity index (χ3n) is 16.1. The minimum Gasteiger partial charge on any atom is -0.462 e. The highest BCUT2D eigenvalue weighted by atomic mass is 31.2. The van der Waals surface area contributed by atoms with Gasteiger partial charge in [0.25, 0.3) is 0 Å². The predicted octanol–water partition coefficient (Wildman–Crippen LogP) is 19.8. The number of ether oxygens (including phenoxy) is 4. The normalized spacial score (nSPS) is 14.7. The Balaban J connectivity index is 5.29. The molecule has 6 atom stereocenters. The summed E-state index contributed by atoms with van der Waals surface area (Å²) in [5.74, 6) is 0.0672. The molecule has 0 radical (unpaired) electrons. The first-order valence-corrected chi connectivity index (χ1v) is 39.2. The van der Waals surface area contributed by atoms with Gasteiger partial charge in [0, 0.05) is 25.7 Å². The number of phosphoric acid groups is 2. The molecule has 0 saturated carbocycles. The van der Waals surface area contributed by atoms with Gasteiger partial charge >= 0.3 is 39.5 Å². The third-order valence-corrected chi connectivity index (χ3v) is 18.0. The number of rotatable bonds is 67. The van der Waals surface area contributed by atoms with Gasteiger partial charge in [0.1, 0.15) is 19.3 Å². The highest BCUT2D eigenvalue weighted by Gasteiger charge is 2.30. The molecule has 4 unspecified atom stereocenters. The Labute approximate surface area is 548 Å². The first-order chi connectivity index (χ1) is 43.3. The van der Waals surface area contributed by atoms with Gasteiger partial charge in [-0.1, -0.05) is 278 Å². The summed E-state index contributed by atoms with van der Waals surface area (Å²) in [5.41, 5.74) is 0. The third kappa shape index (κ3) is 63.0. The first-order valence-electron chi connectivity index (χ1n) is 36.2. The van der Waals surface area contributed by atoms with Gasteiger partial charge in [-0.15, -0.1) is 0 Å². The maximum Gasteiger partial charge on any atom is 0.472 e. The van der Waals surface area contributed by atoms with E-state index in [9.17, 15) is 43.2 Å². The van der Waals surface area contributed by atoms with Crippen LogP contribution in [0, 0.1) is 17.8 Å². The lowest BCUT2D eigenvalue weighted by molar-refractivity contribution is -0.161. The molecule has 0 heterocycles. The Bertz CT molecular complexity index is 1860. The van der Waals surface area contributed by atoms with Crippen LogP contribution in [0.4, 0.5) is 0 Å². The van der Waals surface area contributed by atoms with Gasteiger partial charge in [-0.3, -0.25) is 37.3 Å². The van der Waals surface area contributed by atoms with Crippen molar-refractivity contribution in [3.63, 3.8) is 0 Å². The fraction of sp³-hybridized carbons (Fsp3) is 0.887. The SMILES string of the molecule is CCCCCC/C=C\C=C/CCCCCCCC(=O)O[C@H](COC(=O)CCCCCCCCCCCCC(C)CC)COP(=O)(O)OCC(O)COP(=O)(O)OC[C@@H](COC(=O)CCCCCCCCCCC(C)C)OC(=O)CCCCCCCCCC(C)C. The smallest absolute Gasteiger partial charge is 0.462 e. The monoisotopic (exact) mass is 1320 g/mol. The van der Waals surface area contributed by atoms with Gasteiger partial charge in [-0.05, 0) is 69.1 Å². The molecule has 0 spiro atoms. The van der Waals surface area contributed by atoms with Crippen LogP contribution in [0.15, 0.2) is 24.3 Å². The molecule has 0 rings (SSSR count). The molecule has 3 N–H and O–H groups in total. The molecule has 17 nitrogen and oxygen atoms in total. The number of aliphatic hydroxyl groups excluding tert-OH is 1. The van der Waals surface area contributed by atoms with Crippen molar-refractivity contribution in [2.24, 2.45) is 17.8 Å². The van der Waals surface area contributed by atoms with Gasteiger partial charge in [0.15, 0.2) is 12.2 Å². The minimum absolute atomic E-state index is 0.0843. The molecule has 0 aliphatic heterocycles. The summed E-state index contributed by atoms with van der Waals surface area (Å²) in [6.45, 7) is 11.7. The van der Waals surface area contributed by atoms with Crippen molar-refractivity contribution in [2.75, 3.05) is 39.6 Å². The van der Waals surface area contributed by atoms with Crippen molar-refractivity contribution in [3.8, 4) is 0 Å². The van der Waals surface area contributed by atoms with E-state index < -0.39 is 97.5 Å². The van der Waals surface area contributed by atoms with Crippen LogP contribution >= 0.6 is 15.6 Å². The summed E-state index contributed by atoms with van der Waals surface area (Å²) in [4.78, 5) is 72.5. The van der Waals surface area contributed by atoms with Crippen LogP contribution in [-0.2, 0) is 65.4 Å². The first kappa shape index (κ1) is 87.5. The summed E-state index contributed by atoms with van der Waals surface area (Å²) >= 11 is 0. The van der Waals surface area contributed by atoms with Crippen molar-refractivity contribution in [1.82, 2.24) is 0 Å². The molecule has 0 bridgehead atoms. The Morgan fingerprint density at radius 2 is 0.656 bits per heavy atom. The highest BCUT2D eigenvalue weighted by Crippen LogP contribution is 2.45. The molecule has 0 fully saturated rings. The predicted molar refractivity (Wildman–Crippen MR) is 363 cm³/mol. The Hall–Kier alpha value is -2.46. The van der Waals surface area contributed by atoms with Crippen molar-refractivity contribution in [1.29, 1.82) is 0 Å². The molecule has 530 valence electrons. The number of aliphatic hydroxyl groups is 1. The summed E-state index contributed by atoms with van der Waals surface area (Å²) in [5, 5.41) is 10.6. The zero-order chi connectivity index (χ0) is 66.6. The Morgan fingerprint density at radius 1 is 0.367 bits per heavy atom. The van der Waals surface area contributed by atoms with E-state index in [-0.39, 0.29) is 25.7 Å². The number of phosphoric ester groups is 2. The number of carbonyl (C=O) groups is 4. The van der Waals surface area contributed by atoms with E-state index in [2.05, 4.69) is 72.8 Å². The zero-order valence-electron chi connectivity index (χ0n) is 58.1. The van der Waals surface area contributed by atoms with E-state index in [4.69, 9.17) is 37.0 Å². The summed E-state index contributed by atoms with van der Waals surface area (Å²) < 4.78 is 68.2. The molecule has 90 heavy (non-hydrogen) atoms. The number of esters is 4. The van der Waals surface area contributed by atoms with Crippen LogP contribution in [-0.4, -0.2) is 96.7 Å². The van der Waals surface area contributed by atoms with Crippen molar-refractivity contribution in [2.45, 2.75) is 349 Å². The van der Waals surface area contributed by atoms with E-state index in [0.717, 1.165) is 115 Å². The lowest BCUT2D eigenvalue weighted by atomic mass is 9.99. The molecular formula is C71H134O17P2. The number of hydrogen-bond acceptors (Lipinski definition) is 15. The largest absolute Gasteiger partial charge is 0.472 e. The van der Waals surface area contributed by atoms with Gasteiger partial charge in [0.2, 0.25) is 0 Å². The fourth-order valence-electron chi connectivity index (χ4n) is 10.1. The maximum absolute atomic E-state index is 13.0. The van der Waals surface area contributed by atoms with Crippen LogP contribution in [0.3, 0.4) is 0 Å². The number of carbonyl (C=O) groups excluding carboxylic acids is 4. The molecule has 0 aliphatic rings. The molecule has 19 heteroatoms. The summed E-state index contributed by atoms with van der Waals surface area (Å²) in [7, 11) is -9.92. The van der Waals surface area contributed by atoms with Gasteiger partial charge in [0.05, 0.1) is 26.4 Å². The van der Waals surface area contributed by atoms with Gasteiger partial charge in [-0.25, -0.2) is 9.13 Å². The molecule has 0 saturated heterocycles. The number of hydrogen-bond donors (Lipinski definition) is 3. The maximum atomic E-state index is 13.0. The number of unbranched alkanes of at least 4 members (excludes halogenated alkanes) is 31. The second-order valence-electron chi connectivity index (χ2n) is 26.1. The highest BCUT2D eigenvalue weighted by molar-refractivity contribution is 7.47. The zero-order valence-corrected chi connectivity index (χ0v) is 59.9. The molecule has 0 aromatic rings. The molecule has 0 aromatic carbocycles. The van der Waals surface area contributed by atoms with Gasteiger partial charge in [-0.2, -0.15) is 0 Å². The summed E-state index contributed by atoms with van der Waals surface area (Å²) in [6.07, 6.45) is 48.1. The van der Waals surface area contributed by atoms with E-state index in [0.29, 0.717) is 31.6 Å². The van der Waals surface area contributed by atoms with E-state index in [1.54, 1.807) is 0 Å². The van der Waals surface area contributed by atoms with Crippen molar-refractivity contribution in [3.05, 3.63) is 24.3 Å². The fourth-order valence-corrected chi connectivity index (χ4v) is 11.7. The van der Waals surface area contributed by atoms with Crippen LogP contribution in [0.25, 0.3) is 0 Å². The second kappa shape index (κ2) is 61.4. The van der Waals surface area contributed by atoms with Crippen LogP contribution in [0.1, 0.15) is 331 Å². The average molecular weight is 1320 g/mol. The standard InChI is InChI=1S/C71H134O17P2/c1-8-10-11-12-13-14-15-16-17-18-19-24-33-40-47-54-70(75)87-66(58-81-68(73)52-45-38-31-23-21-20-22-30-37-44-51-64(7)9-2)60-85-89(77,78)83-56-65(72)57-84-90(79,80)86-61-67(88-71(76)55-48-41-34-27-29-36-43-50-63(5)6)59-82-69(74)53-46-39-32-26-25-28-35-42-49-62(3)4/h14-17,62-67,72H,8-13,18-61H2,1-7H3,(H,77,78)(H,79,80)/b15-14-,17-16-/t64?,65?,66-,67-/m1/s1. The topological polar surface area (TPSA) is 237 Å². The lowest BCUT2D eigenvalue weighted by Crippen LogP contribution is -2.30. The Kier molecular flexibility index (Phi) is 59.7. The van der Waals surface area contributed by atoms with Crippen molar-refractivity contribution < 1.29 is 80.2 Å². The van der Waals surface area contributed by atoms with E-state index >= 15 is 0 Å².